The Balaban J connectivity index is 1.11. The van der Waals surface area contributed by atoms with Crippen LogP contribution in [-0.2, 0) is 13.0 Å². The molecular weight excluding hydrogens is 568 g/mol. The summed E-state index contributed by atoms with van der Waals surface area (Å²) in [7, 11) is 2.01. The molecule has 7 rings (SSSR count). The lowest BCUT2D eigenvalue weighted by Gasteiger charge is -2.47. The van der Waals surface area contributed by atoms with Crippen LogP contribution in [0.2, 0.25) is 0 Å². The molecule has 0 saturated carbocycles. The van der Waals surface area contributed by atoms with E-state index in [1.165, 1.54) is 40.3 Å². The standard InChI is InChI=1S/C32H31F2N7O3/c1-18-10-28(44-30-23(33)4-3-5-24(30)34)36-13-27(18)41-31(35)22(12-37-41)29(42)26-11-21-20-8-9-40(17-32(43)15-39(2)16-32)14-19(20)6-7-25(21)38-26/h3-7,10-13,38,43H,8-9,14-17,35H2,1-2H3. The molecule has 2 aromatic carbocycles. The molecule has 4 N–H and O–H groups in total. The molecule has 0 atom stereocenters. The number of hydrogen-bond donors (Lipinski definition) is 3. The molecule has 12 heteroatoms. The van der Waals surface area contributed by atoms with Gasteiger partial charge in [0.2, 0.25) is 17.4 Å². The Morgan fingerprint density at radius 2 is 1.93 bits per heavy atom. The quantitative estimate of drug-likeness (QED) is 0.240. The number of ketones is 1. The van der Waals surface area contributed by atoms with Crippen molar-refractivity contribution in [2.75, 3.05) is 39.0 Å². The van der Waals surface area contributed by atoms with E-state index in [2.05, 4.69) is 30.9 Å². The summed E-state index contributed by atoms with van der Waals surface area (Å²) in [6.07, 6.45) is 3.65. The van der Waals surface area contributed by atoms with Gasteiger partial charge in [-0.15, -0.1) is 0 Å². The number of benzene rings is 2. The van der Waals surface area contributed by atoms with Gasteiger partial charge < -0.3 is 25.5 Å². The maximum Gasteiger partial charge on any atom is 0.219 e. The second kappa shape index (κ2) is 10.5. The Labute approximate surface area is 251 Å². The minimum absolute atomic E-state index is 0.00619. The van der Waals surface area contributed by atoms with Gasteiger partial charge in [0.15, 0.2) is 11.6 Å². The SMILES string of the molecule is Cc1cc(Oc2c(F)cccc2F)ncc1-n1ncc(C(=O)c2cc3c4c(ccc3[nH]2)CN(CC2(O)CN(C)C2)CC4)c1N. The van der Waals surface area contributed by atoms with Gasteiger partial charge in [0.1, 0.15) is 11.4 Å². The van der Waals surface area contributed by atoms with Crippen molar-refractivity contribution in [2.45, 2.75) is 25.5 Å². The number of nitrogens with two attached hydrogens (primary N) is 1. The second-order valence-electron chi connectivity index (χ2n) is 11.9. The van der Waals surface area contributed by atoms with E-state index in [0.29, 0.717) is 36.6 Å². The summed E-state index contributed by atoms with van der Waals surface area (Å²) < 4.78 is 34.8. The number of pyridine rings is 1. The van der Waals surface area contributed by atoms with Crippen LogP contribution in [0.4, 0.5) is 14.6 Å². The first-order chi connectivity index (χ1) is 21.1. The zero-order valence-corrected chi connectivity index (χ0v) is 24.3. The van der Waals surface area contributed by atoms with Gasteiger partial charge in [-0.05, 0) is 61.3 Å². The topological polar surface area (TPSA) is 126 Å². The van der Waals surface area contributed by atoms with Gasteiger partial charge in [-0.2, -0.15) is 5.10 Å². The van der Waals surface area contributed by atoms with E-state index in [9.17, 15) is 18.7 Å². The zero-order valence-electron chi connectivity index (χ0n) is 24.3. The first kappa shape index (κ1) is 28.1. The van der Waals surface area contributed by atoms with Crippen molar-refractivity contribution in [3.63, 3.8) is 0 Å². The Morgan fingerprint density at radius 1 is 1.16 bits per heavy atom. The molecule has 0 spiro atoms. The van der Waals surface area contributed by atoms with E-state index in [0.717, 1.165) is 42.5 Å². The fourth-order valence-electron chi connectivity index (χ4n) is 6.43. The highest BCUT2D eigenvalue weighted by Crippen LogP contribution is 2.32. The number of anilines is 1. The summed E-state index contributed by atoms with van der Waals surface area (Å²) in [6.45, 7) is 5.34. The molecule has 5 heterocycles. The number of aryl methyl sites for hydroxylation is 1. The van der Waals surface area contributed by atoms with Crippen LogP contribution in [0.3, 0.4) is 0 Å². The number of aliphatic hydroxyl groups is 1. The van der Waals surface area contributed by atoms with E-state index in [1.807, 2.05) is 19.2 Å². The third-order valence-corrected chi connectivity index (χ3v) is 8.44. The lowest BCUT2D eigenvalue weighted by molar-refractivity contribution is -0.105. The second-order valence-corrected chi connectivity index (χ2v) is 11.9. The number of ether oxygens (including phenoxy) is 1. The van der Waals surface area contributed by atoms with Crippen LogP contribution in [0, 0.1) is 18.6 Å². The summed E-state index contributed by atoms with van der Waals surface area (Å²) in [5.74, 6) is -2.41. The molecule has 44 heavy (non-hydrogen) atoms. The maximum absolute atomic E-state index is 14.0. The van der Waals surface area contributed by atoms with Crippen molar-refractivity contribution in [3.8, 4) is 17.3 Å². The number of rotatable bonds is 7. The number of nitrogen functional groups attached to an aromatic ring is 1. The fraction of sp³-hybridized carbons (Fsp3) is 0.281. The Bertz CT molecular complexity index is 1910. The van der Waals surface area contributed by atoms with Crippen LogP contribution in [0.1, 0.15) is 32.7 Å². The molecule has 226 valence electrons. The highest BCUT2D eigenvalue weighted by Gasteiger charge is 2.40. The molecule has 3 aromatic heterocycles. The number of hydrogen-bond acceptors (Lipinski definition) is 8. The monoisotopic (exact) mass is 599 g/mol. The number of nitrogens with zero attached hydrogens (tertiary/aromatic N) is 5. The number of carbonyl (C=O) groups is 1. The normalized spacial score (nSPS) is 16.6. The third-order valence-electron chi connectivity index (χ3n) is 8.44. The molecular formula is C32H31F2N7O3. The third kappa shape index (κ3) is 4.90. The van der Waals surface area contributed by atoms with Crippen LogP contribution in [0.25, 0.3) is 16.6 Å². The van der Waals surface area contributed by atoms with Crippen molar-refractivity contribution in [1.29, 1.82) is 0 Å². The molecule has 1 fully saturated rings. The number of aromatic amines is 1. The largest absolute Gasteiger partial charge is 0.433 e. The Morgan fingerprint density at radius 3 is 2.66 bits per heavy atom. The van der Waals surface area contributed by atoms with E-state index in [-0.39, 0.29) is 23.0 Å². The molecule has 0 radical (unpaired) electrons. The number of para-hydroxylation sites is 1. The van der Waals surface area contributed by atoms with E-state index in [4.69, 9.17) is 10.5 Å². The number of likely N-dealkylation sites (N-methyl/N-ethyl adjacent to an activating group) is 1. The van der Waals surface area contributed by atoms with Crippen LogP contribution >= 0.6 is 0 Å². The minimum atomic E-state index is -0.843. The number of fused-ring (bicyclic) bond motifs is 3. The van der Waals surface area contributed by atoms with E-state index < -0.39 is 23.0 Å². The van der Waals surface area contributed by atoms with Crippen molar-refractivity contribution in [1.82, 2.24) is 29.5 Å². The summed E-state index contributed by atoms with van der Waals surface area (Å²) in [5.41, 5.74) is 10.8. The van der Waals surface area contributed by atoms with Gasteiger partial charge in [-0.3, -0.25) is 9.69 Å². The van der Waals surface area contributed by atoms with Crippen LogP contribution < -0.4 is 10.5 Å². The number of halogens is 2. The molecule has 0 bridgehead atoms. The number of aromatic nitrogens is 4. The van der Waals surface area contributed by atoms with Crippen molar-refractivity contribution < 1.29 is 23.4 Å². The van der Waals surface area contributed by atoms with Gasteiger partial charge in [0.25, 0.3) is 0 Å². The Hall–Kier alpha value is -4.65. The first-order valence-electron chi connectivity index (χ1n) is 14.3. The minimum Gasteiger partial charge on any atom is -0.433 e. The molecule has 1 saturated heterocycles. The fourth-order valence-corrected chi connectivity index (χ4v) is 6.43. The van der Waals surface area contributed by atoms with Gasteiger partial charge in [-0.25, -0.2) is 18.4 Å². The molecule has 5 aromatic rings. The van der Waals surface area contributed by atoms with E-state index in [1.54, 1.807) is 6.92 Å². The van der Waals surface area contributed by atoms with E-state index >= 15 is 0 Å². The van der Waals surface area contributed by atoms with Gasteiger partial charge in [0.05, 0.1) is 29.3 Å². The summed E-state index contributed by atoms with van der Waals surface area (Å²) >= 11 is 0. The number of carbonyl (C=O) groups excluding carboxylic acids is 1. The summed E-state index contributed by atoms with van der Waals surface area (Å²) in [6, 6.07) is 10.9. The first-order valence-corrected chi connectivity index (χ1v) is 14.3. The highest BCUT2D eigenvalue weighted by molar-refractivity contribution is 6.12. The zero-order chi connectivity index (χ0) is 30.7. The van der Waals surface area contributed by atoms with Crippen molar-refractivity contribution in [3.05, 3.63) is 94.4 Å². The predicted octanol–water partition coefficient (Wildman–Crippen LogP) is 3.98. The summed E-state index contributed by atoms with van der Waals surface area (Å²) in [4.78, 5) is 25.4. The molecule has 10 nitrogen and oxygen atoms in total. The highest BCUT2D eigenvalue weighted by atomic mass is 19.1. The smallest absolute Gasteiger partial charge is 0.219 e. The average molecular weight is 600 g/mol. The average Bonchev–Trinajstić information content (AvgIpc) is 3.58. The van der Waals surface area contributed by atoms with Crippen LogP contribution in [0.15, 0.2) is 54.9 Å². The van der Waals surface area contributed by atoms with Gasteiger partial charge >= 0.3 is 0 Å². The number of likely N-dealkylation sites (tertiary alicyclic amines) is 1. The van der Waals surface area contributed by atoms with Crippen molar-refractivity contribution in [2.24, 2.45) is 0 Å². The maximum atomic E-state index is 14.0. The number of β-amino-alcohol motifs (C(OH)–C–C–N with tert-alkyl or cyclic N) is 1. The number of nitrogens with one attached hydrogen (secondary N) is 1. The van der Waals surface area contributed by atoms with Gasteiger partial charge in [0, 0.05) is 49.7 Å². The van der Waals surface area contributed by atoms with Crippen LogP contribution in [0.5, 0.6) is 11.6 Å². The Kier molecular flexibility index (Phi) is 6.72. The molecule has 0 unspecified atom stereocenters. The molecule has 0 amide bonds. The number of H-pyrrole nitrogens is 1. The van der Waals surface area contributed by atoms with Crippen molar-refractivity contribution >= 4 is 22.5 Å². The molecule has 2 aliphatic heterocycles. The summed E-state index contributed by atoms with van der Waals surface area (Å²) in [5, 5.41) is 16.1. The lowest BCUT2D eigenvalue weighted by atomic mass is 9.91. The van der Waals surface area contributed by atoms with Crippen LogP contribution in [-0.4, -0.2) is 79.3 Å². The van der Waals surface area contributed by atoms with Gasteiger partial charge in [-0.1, -0.05) is 12.1 Å². The molecule has 2 aliphatic rings. The lowest BCUT2D eigenvalue weighted by Crippen LogP contribution is -2.65. The predicted molar refractivity (Wildman–Crippen MR) is 160 cm³/mol. The molecule has 0 aliphatic carbocycles.